The van der Waals surface area contributed by atoms with E-state index in [4.69, 9.17) is 0 Å². The smallest absolute Gasteiger partial charge is 0.264 e. The fraction of sp³-hybridized carbons (Fsp3) is 0.600. The van der Waals surface area contributed by atoms with E-state index in [1.807, 2.05) is 26.2 Å². The van der Waals surface area contributed by atoms with Crippen molar-refractivity contribution in [3.63, 3.8) is 0 Å². The highest BCUT2D eigenvalue weighted by molar-refractivity contribution is 7.12. The van der Waals surface area contributed by atoms with Crippen molar-refractivity contribution in [2.45, 2.75) is 45.6 Å². The van der Waals surface area contributed by atoms with E-state index in [0.29, 0.717) is 12.5 Å². The molecule has 1 aliphatic rings. The molecule has 110 valence electrons. The van der Waals surface area contributed by atoms with Gasteiger partial charge in [0.25, 0.3) is 5.91 Å². The van der Waals surface area contributed by atoms with Crippen LogP contribution in [0.1, 0.15) is 54.8 Å². The van der Waals surface area contributed by atoms with Crippen molar-refractivity contribution in [1.82, 2.24) is 10.2 Å². The Morgan fingerprint density at radius 3 is 2.70 bits per heavy atom. The maximum atomic E-state index is 12.6. The molecule has 1 saturated carbocycles. The molecule has 0 radical (unpaired) electrons. The average Bonchev–Trinajstić information content (AvgIpc) is 3.12. The number of thiophene rings is 1. The first kappa shape index (κ1) is 15.0. The van der Waals surface area contributed by atoms with Crippen LogP contribution < -0.4 is 5.32 Å². The largest absolute Gasteiger partial charge is 0.352 e. The Bertz CT molecular complexity index is 492. The van der Waals surface area contributed by atoms with Crippen molar-refractivity contribution < 1.29 is 9.59 Å². The van der Waals surface area contributed by atoms with Gasteiger partial charge in [0, 0.05) is 12.6 Å². The molecule has 0 atom stereocenters. The van der Waals surface area contributed by atoms with E-state index in [1.165, 1.54) is 29.7 Å². The first-order valence-electron chi connectivity index (χ1n) is 7.19. The Kier molecular flexibility index (Phi) is 4.81. The Hall–Kier alpha value is -1.36. The number of hydrogen-bond donors (Lipinski definition) is 1. The molecule has 2 rings (SSSR count). The van der Waals surface area contributed by atoms with Gasteiger partial charge in [0.05, 0.1) is 11.4 Å². The standard InChI is InChI=1S/C15H22N2O2S/c1-4-17(9-13(18)16-10(2)3)15(19)14-12(7-8-20-14)11-5-6-11/h7-8,10-11H,4-6,9H2,1-3H3,(H,16,18). The maximum Gasteiger partial charge on any atom is 0.264 e. The lowest BCUT2D eigenvalue weighted by molar-refractivity contribution is -0.122. The summed E-state index contributed by atoms with van der Waals surface area (Å²) in [7, 11) is 0. The average molecular weight is 294 g/mol. The molecule has 0 bridgehead atoms. The first-order chi connectivity index (χ1) is 9.52. The van der Waals surface area contributed by atoms with E-state index in [-0.39, 0.29) is 24.4 Å². The van der Waals surface area contributed by atoms with Gasteiger partial charge >= 0.3 is 0 Å². The predicted molar refractivity (Wildman–Crippen MR) is 81.2 cm³/mol. The lowest BCUT2D eigenvalue weighted by Gasteiger charge is -2.21. The molecule has 1 fully saturated rings. The minimum Gasteiger partial charge on any atom is -0.352 e. The van der Waals surface area contributed by atoms with Gasteiger partial charge in [-0.05, 0) is 56.5 Å². The summed E-state index contributed by atoms with van der Waals surface area (Å²) >= 11 is 1.49. The Labute approximate surface area is 124 Å². The summed E-state index contributed by atoms with van der Waals surface area (Å²) in [5, 5.41) is 4.80. The Morgan fingerprint density at radius 1 is 1.45 bits per heavy atom. The lowest BCUT2D eigenvalue weighted by atomic mass is 10.1. The van der Waals surface area contributed by atoms with Crippen LogP contribution in [0.15, 0.2) is 11.4 Å². The second-order valence-corrected chi connectivity index (χ2v) is 6.44. The molecule has 20 heavy (non-hydrogen) atoms. The maximum absolute atomic E-state index is 12.6. The van der Waals surface area contributed by atoms with Gasteiger partial charge < -0.3 is 10.2 Å². The fourth-order valence-electron chi connectivity index (χ4n) is 2.22. The fourth-order valence-corrected chi connectivity index (χ4v) is 3.17. The van der Waals surface area contributed by atoms with Gasteiger partial charge in [0.1, 0.15) is 0 Å². The highest BCUT2D eigenvalue weighted by atomic mass is 32.1. The van der Waals surface area contributed by atoms with Crippen LogP contribution in [0.3, 0.4) is 0 Å². The van der Waals surface area contributed by atoms with Crippen LogP contribution in [0, 0.1) is 0 Å². The van der Waals surface area contributed by atoms with Gasteiger partial charge in [-0.15, -0.1) is 11.3 Å². The topological polar surface area (TPSA) is 49.4 Å². The van der Waals surface area contributed by atoms with Crippen LogP contribution in [0.5, 0.6) is 0 Å². The van der Waals surface area contributed by atoms with E-state index in [0.717, 1.165) is 4.88 Å². The van der Waals surface area contributed by atoms with Crippen LogP contribution in [0.2, 0.25) is 0 Å². The highest BCUT2D eigenvalue weighted by Gasteiger charge is 2.30. The van der Waals surface area contributed by atoms with Crippen molar-refractivity contribution in [2.75, 3.05) is 13.1 Å². The molecule has 1 heterocycles. The molecule has 1 N–H and O–H groups in total. The summed E-state index contributed by atoms with van der Waals surface area (Å²) in [4.78, 5) is 26.8. The third-order valence-corrected chi connectivity index (χ3v) is 4.28. The number of carbonyl (C=O) groups excluding carboxylic acids is 2. The van der Waals surface area contributed by atoms with Crippen LogP contribution in [-0.2, 0) is 4.79 Å². The van der Waals surface area contributed by atoms with Crippen molar-refractivity contribution >= 4 is 23.2 Å². The SMILES string of the molecule is CCN(CC(=O)NC(C)C)C(=O)c1sccc1C1CC1. The normalized spacial score (nSPS) is 14.4. The minimum absolute atomic E-state index is 0.0108. The molecule has 0 saturated heterocycles. The second-order valence-electron chi connectivity index (χ2n) is 5.52. The van der Waals surface area contributed by atoms with Gasteiger partial charge in [-0.2, -0.15) is 0 Å². The van der Waals surface area contributed by atoms with Crippen molar-refractivity contribution in [3.05, 3.63) is 21.9 Å². The molecule has 4 nitrogen and oxygen atoms in total. The third-order valence-electron chi connectivity index (χ3n) is 3.36. The Morgan fingerprint density at radius 2 is 2.15 bits per heavy atom. The molecule has 0 unspecified atom stereocenters. The minimum atomic E-state index is -0.0975. The second kappa shape index (κ2) is 6.39. The molecular formula is C15H22N2O2S. The number of nitrogens with zero attached hydrogens (tertiary/aromatic N) is 1. The third kappa shape index (κ3) is 3.60. The van der Waals surface area contributed by atoms with Gasteiger partial charge in [0.2, 0.25) is 5.91 Å². The summed E-state index contributed by atoms with van der Waals surface area (Å²) in [5.41, 5.74) is 1.17. The zero-order valence-electron chi connectivity index (χ0n) is 12.3. The number of hydrogen-bond acceptors (Lipinski definition) is 3. The van der Waals surface area contributed by atoms with Crippen molar-refractivity contribution in [3.8, 4) is 0 Å². The van der Waals surface area contributed by atoms with Gasteiger partial charge in [-0.25, -0.2) is 0 Å². The zero-order valence-corrected chi connectivity index (χ0v) is 13.1. The highest BCUT2D eigenvalue weighted by Crippen LogP contribution is 2.43. The van der Waals surface area contributed by atoms with E-state index >= 15 is 0 Å². The quantitative estimate of drug-likeness (QED) is 0.877. The van der Waals surface area contributed by atoms with E-state index in [1.54, 1.807) is 4.90 Å². The monoisotopic (exact) mass is 294 g/mol. The molecule has 2 amide bonds. The number of amides is 2. The van der Waals surface area contributed by atoms with Crippen molar-refractivity contribution in [1.29, 1.82) is 0 Å². The van der Waals surface area contributed by atoms with E-state index in [9.17, 15) is 9.59 Å². The van der Waals surface area contributed by atoms with E-state index < -0.39 is 0 Å². The Balaban J connectivity index is 2.04. The molecule has 1 aliphatic carbocycles. The molecule has 0 aliphatic heterocycles. The lowest BCUT2D eigenvalue weighted by Crippen LogP contribution is -2.42. The molecule has 1 aromatic heterocycles. The number of likely N-dealkylation sites (N-methyl/N-ethyl adjacent to an activating group) is 1. The number of rotatable bonds is 6. The summed E-state index contributed by atoms with van der Waals surface area (Å²) in [6.45, 7) is 6.42. The van der Waals surface area contributed by atoms with E-state index in [2.05, 4.69) is 11.4 Å². The van der Waals surface area contributed by atoms with Crippen LogP contribution >= 0.6 is 11.3 Å². The van der Waals surface area contributed by atoms with Crippen LogP contribution in [-0.4, -0.2) is 35.8 Å². The van der Waals surface area contributed by atoms with Crippen LogP contribution in [0.4, 0.5) is 0 Å². The molecule has 1 aromatic rings. The summed E-state index contributed by atoms with van der Waals surface area (Å²) in [6, 6.07) is 2.15. The summed E-state index contributed by atoms with van der Waals surface area (Å²) in [6.07, 6.45) is 2.36. The molecule has 0 aromatic carbocycles. The molecule has 5 heteroatoms. The van der Waals surface area contributed by atoms with Gasteiger partial charge in [-0.1, -0.05) is 0 Å². The zero-order chi connectivity index (χ0) is 14.7. The number of nitrogens with one attached hydrogen (secondary N) is 1. The van der Waals surface area contributed by atoms with Crippen LogP contribution in [0.25, 0.3) is 0 Å². The predicted octanol–water partition coefficient (Wildman–Crippen LogP) is 2.61. The van der Waals surface area contributed by atoms with Crippen molar-refractivity contribution in [2.24, 2.45) is 0 Å². The first-order valence-corrected chi connectivity index (χ1v) is 8.07. The summed E-state index contributed by atoms with van der Waals surface area (Å²) < 4.78 is 0. The van der Waals surface area contributed by atoms with Gasteiger partial charge in [0.15, 0.2) is 0 Å². The molecule has 0 spiro atoms. The molecular weight excluding hydrogens is 272 g/mol. The number of carbonyl (C=O) groups is 2. The summed E-state index contributed by atoms with van der Waals surface area (Å²) in [5.74, 6) is 0.450. The van der Waals surface area contributed by atoms with Gasteiger partial charge in [-0.3, -0.25) is 9.59 Å².